The molecule has 0 spiro atoms. The Morgan fingerprint density at radius 3 is 1.92 bits per heavy atom. The number of hydrogen-bond donors (Lipinski definition) is 0. The zero-order chi connectivity index (χ0) is 9.61. The first-order valence-electron chi connectivity index (χ1n) is 3.52. The van der Waals surface area contributed by atoms with Gasteiger partial charge in [-0.3, -0.25) is 0 Å². The highest BCUT2D eigenvalue weighted by Gasteiger charge is 2.37. The monoisotopic (exact) mass is 302 g/mol. The van der Waals surface area contributed by atoms with E-state index in [-0.39, 0.29) is 0 Å². The molecule has 0 aromatic rings. The molecule has 0 bridgehead atoms. The maximum atomic E-state index is 5.24. The predicted octanol–water partition coefficient (Wildman–Crippen LogP) is 1.86. The Hall–Kier alpha value is 0.567. The van der Waals surface area contributed by atoms with E-state index in [0.717, 1.165) is 10.0 Å². The van der Waals surface area contributed by atoms with Crippen LogP contribution in [0.15, 0.2) is 12.2 Å². The van der Waals surface area contributed by atoms with Gasteiger partial charge in [0.1, 0.15) is 0 Å². The second kappa shape index (κ2) is 6.09. The van der Waals surface area contributed by atoms with Gasteiger partial charge in [0.15, 0.2) is 0 Å². The summed E-state index contributed by atoms with van der Waals surface area (Å²) in [6.07, 6.45) is 0. The molecule has 0 N–H and O–H groups in total. The largest absolute Gasteiger partial charge is 0.504 e. The Morgan fingerprint density at radius 2 is 1.67 bits per heavy atom. The van der Waals surface area contributed by atoms with E-state index in [1.165, 1.54) is 0 Å². The third kappa shape index (κ3) is 3.52. The van der Waals surface area contributed by atoms with Crippen LogP contribution in [0.1, 0.15) is 0 Å². The van der Waals surface area contributed by atoms with Crippen molar-refractivity contribution in [2.75, 3.05) is 25.8 Å². The van der Waals surface area contributed by atoms with Crippen molar-refractivity contribution in [3.8, 4) is 0 Å². The summed E-state index contributed by atoms with van der Waals surface area (Å²) in [7, 11) is 2.43. The molecular weight excluding hydrogens is 287 g/mol. The second-order valence-electron chi connectivity index (χ2n) is 2.36. The number of rotatable bonds is 6. The quantitative estimate of drug-likeness (QED) is 0.324. The van der Waals surface area contributed by atoms with Crippen molar-refractivity contribution < 1.29 is 13.3 Å². The van der Waals surface area contributed by atoms with E-state index < -0.39 is 8.80 Å². The van der Waals surface area contributed by atoms with Gasteiger partial charge in [-0.25, -0.2) is 0 Å². The van der Waals surface area contributed by atoms with Crippen molar-refractivity contribution in [1.29, 1.82) is 0 Å². The van der Waals surface area contributed by atoms with Gasteiger partial charge in [0.05, 0.1) is 0 Å². The van der Waals surface area contributed by atoms with Crippen LogP contribution in [0.3, 0.4) is 0 Å². The molecule has 0 atom stereocenters. The molecule has 5 heteroatoms. The van der Waals surface area contributed by atoms with Crippen LogP contribution in [0.2, 0.25) is 6.04 Å². The van der Waals surface area contributed by atoms with E-state index in [0.29, 0.717) is 6.04 Å². The average Bonchev–Trinajstić information content (AvgIpc) is 2.14. The minimum Gasteiger partial charge on any atom is -0.377 e. The molecule has 72 valence electrons. The summed E-state index contributed by atoms with van der Waals surface area (Å²) >= 11 is 2.26. The van der Waals surface area contributed by atoms with E-state index in [4.69, 9.17) is 13.3 Å². The maximum Gasteiger partial charge on any atom is 0.504 e. The summed E-state index contributed by atoms with van der Waals surface area (Å²) in [5.74, 6) is 0. The SMILES string of the molecule is C=C(CI)C[Si](OC)(OC)OC. The van der Waals surface area contributed by atoms with Crippen molar-refractivity contribution in [2.45, 2.75) is 6.04 Å². The third-order valence-corrected chi connectivity index (χ3v) is 5.47. The van der Waals surface area contributed by atoms with Crippen LogP contribution in [0.4, 0.5) is 0 Å². The standard InChI is InChI=1S/C7H15IO3Si/c1-7(5-8)6-12(9-2,10-3)11-4/h1,5-6H2,2-4H3. The molecule has 0 aromatic heterocycles. The molecule has 0 rings (SSSR count). The molecule has 0 aliphatic carbocycles. The van der Waals surface area contributed by atoms with Crippen molar-refractivity contribution in [1.82, 2.24) is 0 Å². The lowest BCUT2D eigenvalue weighted by Gasteiger charge is -2.24. The van der Waals surface area contributed by atoms with Crippen LogP contribution >= 0.6 is 22.6 Å². The summed E-state index contributed by atoms with van der Waals surface area (Å²) in [5.41, 5.74) is 1.09. The second-order valence-corrected chi connectivity index (χ2v) is 6.06. The minimum absolute atomic E-state index is 0.694. The Morgan fingerprint density at radius 1 is 1.25 bits per heavy atom. The zero-order valence-corrected chi connectivity index (χ0v) is 10.9. The highest BCUT2D eigenvalue weighted by atomic mass is 127. The molecule has 12 heavy (non-hydrogen) atoms. The summed E-state index contributed by atoms with van der Waals surface area (Å²) in [4.78, 5) is 0. The lowest BCUT2D eigenvalue weighted by molar-refractivity contribution is 0.126. The summed E-state index contributed by atoms with van der Waals surface area (Å²) < 4.78 is 16.6. The van der Waals surface area contributed by atoms with Gasteiger partial charge in [-0.1, -0.05) is 34.7 Å². The summed E-state index contributed by atoms with van der Waals surface area (Å²) in [6.45, 7) is 3.89. The van der Waals surface area contributed by atoms with Crippen LogP contribution in [0.5, 0.6) is 0 Å². The highest BCUT2D eigenvalue weighted by molar-refractivity contribution is 14.1. The van der Waals surface area contributed by atoms with E-state index in [1.54, 1.807) is 21.3 Å². The van der Waals surface area contributed by atoms with Crippen LogP contribution < -0.4 is 0 Å². The average molecular weight is 302 g/mol. The molecule has 0 radical (unpaired) electrons. The van der Waals surface area contributed by atoms with E-state index in [9.17, 15) is 0 Å². The van der Waals surface area contributed by atoms with Crippen LogP contribution in [-0.4, -0.2) is 34.6 Å². The molecule has 0 saturated carbocycles. The predicted molar refractivity (Wildman–Crippen MR) is 59.6 cm³/mol. The molecule has 0 saturated heterocycles. The third-order valence-electron chi connectivity index (χ3n) is 1.59. The highest BCUT2D eigenvalue weighted by Crippen LogP contribution is 2.18. The van der Waals surface area contributed by atoms with E-state index in [1.807, 2.05) is 0 Å². The molecule has 0 aliphatic rings. The summed E-state index contributed by atoms with van der Waals surface area (Å²) in [6, 6.07) is 0.694. The van der Waals surface area contributed by atoms with Gasteiger partial charge in [0, 0.05) is 31.8 Å². The van der Waals surface area contributed by atoms with E-state index in [2.05, 4.69) is 29.2 Å². The fourth-order valence-electron chi connectivity index (χ4n) is 0.820. The zero-order valence-electron chi connectivity index (χ0n) is 7.72. The van der Waals surface area contributed by atoms with Crippen molar-refractivity contribution >= 4 is 31.4 Å². The fourth-order valence-corrected chi connectivity index (χ4v) is 3.27. The molecule has 0 fully saturated rings. The van der Waals surface area contributed by atoms with Gasteiger partial charge in [-0.15, -0.1) is 0 Å². The van der Waals surface area contributed by atoms with Gasteiger partial charge >= 0.3 is 8.80 Å². The van der Waals surface area contributed by atoms with E-state index >= 15 is 0 Å². The lowest BCUT2D eigenvalue weighted by atomic mass is 10.4. The number of allylic oxidation sites excluding steroid dienone is 1. The molecular formula is C7H15IO3Si. The molecule has 0 heterocycles. The van der Waals surface area contributed by atoms with Gasteiger partial charge < -0.3 is 13.3 Å². The van der Waals surface area contributed by atoms with Crippen molar-refractivity contribution in [3.05, 3.63) is 12.2 Å². The summed E-state index contributed by atoms with van der Waals surface area (Å²) in [5, 5.41) is 0. The topological polar surface area (TPSA) is 27.7 Å². The minimum atomic E-state index is -2.41. The van der Waals surface area contributed by atoms with Crippen LogP contribution in [0.25, 0.3) is 0 Å². The Kier molecular flexibility index (Phi) is 6.37. The van der Waals surface area contributed by atoms with Crippen molar-refractivity contribution in [2.24, 2.45) is 0 Å². The molecule has 3 nitrogen and oxygen atoms in total. The smallest absolute Gasteiger partial charge is 0.377 e. The number of hydrogen-bond acceptors (Lipinski definition) is 3. The first-order chi connectivity index (χ1) is 5.64. The normalized spacial score (nSPS) is 11.7. The number of halogens is 1. The molecule has 0 aliphatic heterocycles. The van der Waals surface area contributed by atoms with Gasteiger partial charge in [-0.2, -0.15) is 0 Å². The molecule has 0 unspecified atom stereocenters. The Labute approximate surface area is 88.6 Å². The fraction of sp³-hybridized carbons (Fsp3) is 0.714. The molecule has 0 aromatic carbocycles. The van der Waals surface area contributed by atoms with Gasteiger partial charge in [0.25, 0.3) is 0 Å². The Bertz CT molecular complexity index is 139. The first kappa shape index (κ1) is 12.6. The van der Waals surface area contributed by atoms with Crippen molar-refractivity contribution in [3.63, 3.8) is 0 Å². The molecule has 0 amide bonds. The first-order valence-corrected chi connectivity index (χ1v) is 6.98. The lowest BCUT2D eigenvalue weighted by Crippen LogP contribution is -2.43. The number of alkyl halides is 1. The van der Waals surface area contributed by atoms with Gasteiger partial charge in [-0.05, 0) is 0 Å². The van der Waals surface area contributed by atoms with Gasteiger partial charge in [0.2, 0.25) is 0 Å². The maximum absolute atomic E-state index is 5.24. The van der Waals surface area contributed by atoms with Crippen LogP contribution in [-0.2, 0) is 13.3 Å². The van der Waals surface area contributed by atoms with Crippen LogP contribution in [0, 0.1) is 0 Å². The Balaban J connectivity index is 4.19.